The molecule has 0 aromatic carbocycles. The lowest BCUT2D eigenvalue weighted by Gasteiger charge is -2.06. The molecule has 0 aromatic heterocycles. The van der Waals surface area contributed by atoms with E-state index in [1.807, 2.05) is 0 Å². The van der Waals surface area contributed by atoms with Crippen molar-refractivity contribution in [1.82, 2.24) is 10.6 Å². The van der Waals surface area contributed by atoms with Crippen molar-refractivity contribution in [3.8, 4) is 0 Å². The normalized spacial score (nSPS) is 23.0. The van der Waals surface area contributed by atoms with Gasteiger partial charge in [-0.1, -0.05) is 34.6 Å². The highest BCUT2D eigenvalue weighted by Crippen LogP contribution is 2.67. The van der Waals surface area contributed by atoms with E-state index >= 15 is 0 Å². The minimum atomic E-state index is 0.525. The highest BCUT2D eigenvalue weighted by atomic mass is 15.0. The Kier molecular flexibility index (Phi) is 4.19. The fourth-order valence-electron chi connectivity index (χ4n) is 2.57. The maximum Gasteiger partial charge on any atom is 0.00768 e. The first-order valence-electron chi connectivity index (χ1n) is 6.36. The molecule has 2 nitrogen and oxygen atoms in total. The Bertz CT molecular complexity index is 183. The van der Waals surface area contributed by atoms with Crippen LogP contribution in [0.4, 0.5) is 0 Å². The van der Waals surface area contributed by atoms with Crippen LogP contribution < -0.4 is 10.6 Å². The first kappa shape index (κ1) is 13.0. The predicted octanol–water partition coefficient (Wildman–Crippen LogP) is 2.26. The second-order valence-corrected chi connectivity index (χ2v) is 5.95. The molecule has 1 aliphatic carbocycles. The summed E-state index contributed by atoms with van der Waals surface area (Å²) in [5.41, 5.74) is 1.05. The molecule has 1 fully saturated rings. The van der Waals surface area contributed by atoms with E-state index in [-0.39, 0.29) is 0 Å². The van der Waals surface area contributed by atoms with Crippen molar-refractivity contribution >= 4 is 0 Å². The lowest BCUT2D eigenvalue weighted by molar-refractivity contribution is 0.457. The van der Waals surface area contributed by atoms with Gasteiger partial charge >= 0.3 is 0 Å². The molecule has 0 spiro atoms. The minimum Gasteiger partial charge on any atom is -0.315 e. The second-order valence-electron chi connectivity index (χ2n) is 5.95. The van der Waals surface area contributed by atoms with Gasteiger partial charge in [0, 0.05) is 13.1 Å². The van der Waals surface area contributed by atoms with Gasteiger partial charge in [-0.15, -0.1) is 0 Å². The van der Waals surface area contributed by atoms with Crippen LogP contribution in [-0.2, 0) is 0 Å². The van der Waals surface area contributed by atoms with Gasteiger partial charge in [-0.2, -0.15) is 0 Å². The van der Waals surface area contributed by atoms with Gasteiger partial charge in [0.15, 0.2) is 0 Å². The molecule has 2 N–H and O–H groups in total. The van der Waals surface area contributed by atoms with Crippen molar-refractivity contribution in [1.29, 1.82) is 0 Å². The van der Waals surface area contributed by atoms with Crippen molar-refractivity contribution < 1.29 is 0 Å². The number of hydrogen-bond donors (Lipinski definition) is 2. The van der Waals surface area contributed by atoms with Crippen LogP contribution in [0.25, 0.3) is 0 Å². The van der Waals surface area contributed by atoms with Crippen LogP contribution in [0.3, 0.4) is 0 Å². The molecule has 0 radical (unpaired) electrons. The van der Waals surface area contributed by atoms with Crippen molar-refractivity contribution in [2.75, 3.05) is 26.2 Å². The maximum absolute atomic E-state index is 3.55. The first-order valence-corrected chi connectivity index (χ1v) is 6.36. The van der Waals surface area contributed by atoms with Crippen molar-refractivity contribution in [3.63, 3.8) is 0 Å². The van der Waals surface area contributed by atoms with Gasteiger partial charge in [0.1, 0.15) is 0 Å². The van der Waals surface area contributed by atoms with E-state index in [9.17, 15) is 0 Å². The third-order valence-electron chi connectivity index (χ3n) is 4.57. The van der Waals surface area contributed by atoms with E-state index in [1.54, 1.807) is 0 Å². The number of nitrogens with one attached hydrogen (secondary N) is 2. The first-order chi connectivity index (χ1) is 6.94. The molecule has 1 rings (SSSR count). The highest BCUT2D eigenvalue weighted by Gasteiger charge is 2.63. The third kappa shape index (κ3) is 2.73. The molecule has 1 aliphatic rings. The standard InChI is InChI=1S/C13H28N2/c1-6-7-14-8-9-15-10-11-12(2,3)13(11,4)5/h11,14-15H,6-10H2,1-5H3. The molecule has 90 valence electrons. The average Bonchev–Trinajstić information content (AvgIpc) is 2.52. The zero-order valence-corrected chi connectivity index (χ0v) is 11.1. The predicted molar refractivity (Wildman–Crippen MR) is 67.1 cm³/mol. The molecule has 0 unspecified atom stereocenters. The van der Waals surface area contributed by atoms with Gasteiger partial charge in [0.2, 0.25) is 0 Å². The Hall–Kier alpha value is -0.0800. The summed E-state index contributed by atoms with van der Waals surface area (Å²) >= 11 is 0. The van der Waals surface area contributed by atoms with E-state index in [0.29, 0.717) is 10.8 Å². The van der Waals surface area contributed by atoms with Gasteiger partial charge in [-0.3, -0.25) is 0 Å². The minimum absolute atomic E-state index is 0.525. The second kappa shape index (κ2) is 4.84. The Balaban J connectivity index is 2.03. The van der Waals surface area contributed by atoms with Crippen LogP contribution in [-0.4, -0.2) is 26.2 Å². The number of hydrogen-bond acceptors (Lipinski definition) is 2. The fraction of sp³-hybridized carbons (Fsp3) is 1.00. The Labute approximate surface area is 95.2 Å². The van der Waals surface area contributed by atoms with Gasteiger partial charge < -0.3 is 10.6 Å². The smallest absolute Gasteiger partial charge is 0.00768 e. The summed E-state index contributed by atoms with van der Waals surface area (Å²) in [5.74, 6) is 0.844. The fourth-order valence-corrected chi connectivity index (χ4v) is 2.57. The summed E-state index contributed by atoms with van der Waals surface area (Å²) in [6, 6.07) is 0. The quantitative estimate of drug-likeness (QED) is 0.633. The molecule has 0 amide bonds. The van der Waals surface area contributed by atoms with E-state index in [4.69, 9.17) is 0 Å². The van der Waals surface area contributed by atoms with Crippen LogP contribution in [0.5, 0.6) is 0 Å². The molecule has 0 bridgehead atoms. The number of rotatable bonds is 7. The molecule has 0 aromatic rings. The van der Waals surface area contributed by atoms with E-state index in [0.717, 1.165) is 25.6 Å². The van der Waals surface area contributed by atoms with Gasteiger partial charge in [0.25, 0.3) is 0 Å². The highest BCUT2D eigenvalue weighted by molar-refractivity contribution is 5.12. The molecule has 0 saturated heterocycles. The Morgan fingerprint density at radius 3 is 1.87 bits per heavy atom. The molecule has 2 heteroatoms. The summed E-state index contributed by atoms with van der Waals surface area (Å²) in [4.78, 5) is 0. The van der Waals surface area contributed by atoms with E-state index in [2.05, 4.69) is 45.3 Å². The maximum atomic E-state index is 3.55. The summed E-state index contributed by atoms with van der Waals surface area (Å²) in [5, 5.41) is 6.96. The lowest BCUT2D eigenvalue weighted by atomic mass is 10.0. The van der Waals surface area contributed by atoms with Crippen LogP contribution in [0, 0.1) is 16.7 Å². The SMILES string of the molecule is CCCNCCNCC1C(C)(C)C1(C)C. The van der Waals surface area contributed by atoms with Crippen molar-refractivity contribution in [3.05, 3.63) is 0 Å². The molecular formula is C13H28N2. The van der Waals surface area contributed by atoms with Crippen LogP contribution in [0.15, 0.2) is 0 Å². The summed E-state index contributed by atoms with van der Waals surface area (Å²) in [7, 11) is 0. The van der Waals surface area contributed by atoms with Gasteiger partial charge in [-0.05, 0) is 36.3 Å². The topological polar surface area (TPSA) is 24.1 Å². The zero-order chi connectivity index (χ0) is 11.5. The molecular weight excluding hydrogens is 184 g/mol. The lowest BCUT2D eigenvalue weighted by Crippen LogP contribution is -2.29. The molecule has 0 atom stereocenters. The van der Waals surface area contributed by atoms with Gasteiger partial charge in [-0.25, -0.2) is 0 Å². The largest absolute Gasteiger partial charge is 0.315 e. The summed E-state index contributed by atoms with van der Waals surface area (Å²) < 4.78 is 0. The average molecular weight is 212 g/mol. The molecule has 0 heterocycles. The van der Waals surface area contributed by atoms with Crippen LogP contribution in [0.1, 0.15) is 41.0 Å². The van der Waals surface area contributed by atoms with Crippen molar-refractivity contribution in [2.24, 2.45) is 16.7 Å². The molecule has 15 heavy (non-hydrogen) atoms. The molecule has 1 saturated carbocycles. The van der Waals surface area contributed by atoms with E-state index in [1.165, 1.54) is 13.0 Å². The zero-order valence-electron chi connectivity index (χ0n) is 11.1. The summed E-state index contributed by atoms with van der Waals surface area (Å²) in [6.45, 7) is 16.3. The Morgan fingerprint density at radius 1 is 0.867 bits per heavy atom. The monoisotopic (exact) mass is 212 g/mol. The Morgan fingerprint density at radius 2 is 1.40 bits per heavy atom. The van der Waals surface area contributed by atoms with Crippen LogP contribution >= 0.6 is 0 Å². The van der Waals surface area contributed by atoms with E-state index < -0.39 is 0 Å². The van der Waals surface area contributed by atoms with Gasteiger partial charge in [0.05, 0.1) is 0 Å². The molecule has 0 aliphatic heterocycles. The summed E-state index contributed by atoms with van der Waals surface area (Å²) in [6.07, 6.45) is 1.22. The van der Waals surface area contributed by atoms with Crippen LogP contribution in [0.2, 0.25) is 0 Å². The third-order valence-corrected chi connectivity index (χ3v) is 4.57. The van der Waals surface area contributed by atoms with Crippen molar-refractivity contribution in [2.45, 2.75) is 41.0 Å².